The molecule has 3 unspecified atom stereocenters. The van der Waals surface area contributed by atoms with Crippen molar-refractivity contribution in [2.75, 3.05) is 13.2 Å². The third-order valence-corrected chi connectivity index (χ3v) is 4.17. The van der Waals surface area contributed by atoms with Crippen molar-refractivity contribution in [2.45, 2.75) is 78.7 Å². The van der Waals surface area contributed by atoms with Crippen LogP contribution in [0.15, 0.2) is 0 Å². The van der Waals surface area contributed by atoms with E-state index in [1.807, 2.05) is 6.92 Å². The molecule has 0 aromatic rings. The van der Waals surface area contributed by atoms with Gasteiger partial charge in [0.2, 0.25) is 0 Å². The van der Waals surface area contributed by atoms with Crippen molar-refractivity contribution < 1.29 is 14.6 Å². The Bertz CT molecular complexity index is 258. The van der Waals surface area contributed by atoms with Gasteiger partial charge in [-0.1, -0.05) is 53.4 Å². The van der Waals surface area contributed by atoms with Crippen LogP contribution in [0.2, 0.25) is 0 Å². The molecule has 4 nitrogen and oxygen atoms in total. The van der Waals surface area contributed by atoms with E-state index in [9.17, 15) is 9.90 Å². The number of aliphatic hydroxyl groups is 1. The summed E-state index contributed by atoms with van der Waals surface area (Å²) in [6, 6.07) is 0. The van der Waals surface area contributed by atoms with Crippen LogP contribution in [0.5, 0.6) is 0 Å². The molecule has 0 aliphatic heterocycles. The topological polar surface area (TPSA) is 58.6 Å². The Labute approximate surface area is 130 Å². The van der Waals surface area contributed by atoms with Crippen LogP contribution in [0.25, 0.3) is 0 Å². The molecule has 0 spiro atoms. The number of aliphatic hydroxyl groups excluding tert-OH is 1. The number of carbonyl (C=O) groups is 1. The SMILES string of the molecule is CCCCNC(=O)OCC(CC)C(O)C(CC)CCCC. The van der Waals surface area contributed by atoms with Gasteiger partial charge in [0.15, 0.2) is 0 Å². The van der Waals surface area contributed by atoms with E-state index < -0.39 is 0 Å². The lowest BCUT2D eigenvalue weighted by Crippen LogP contribution is -2.34. The molecule has 21 heavy (non-hydrogen) atoms. The minimum atomic E-state index is -0.380. The lowest BCUT2D eigenvalue weighted by atomic mass is 9.85. The quantitative estimate of drug-likeness (QED) is 0.533. The van der Waals surface area contributed by atoms with Crippen LogP contribution < -0.4 is 5.32 Å². The maximum atomic E-state index is 11.6. The smallest absolute Gasteiger partial charge is 0.407 e. The normalized spacial score (nSPS) is 15.3. The summed E-state index contributed by atoms with van der Waals surface area (Å²) in [6.07, 6.45) is 6.40. The fraction of sp³-hybridized carbons (Fsp3) is 0.941. The Balaban J connectivity index is 4.19. The van der Waals surface area contributed by atoms with Gasteiger partial charge in [0.25, 0.3) is 0 Å². The van der Waals surface area contributed by atoms with Crippen LogP contribution in [0.4, 0.5) is 4.79 Å². The first kappa shape index (κ1) is 20.2. The van der Waals surface area contributed by atoms with Crippen LogP contribution in [-0.4, -0.2) is 30.5 Å². The highest BCUT2D eigenvalue weighted by molar-refractivity contribution is 5.67. The second kappa shape index (κ2) is 12.9. The highest BCUT2D eigenvalue weighted by atomic mass is 16.5. The molecule has 0 aromatic heterocycles. The van der Waals surface area contributed by atoms with Crippen molar-refractivity contribution in [3.05, 3.63) is 0 Å². The Morgan fingerprint density at radius 1 is 1.05 bits per heavy atom. The summed E-state index contributed by atoms with van der Waals surface area (Å²) in [6.45, 7) is 9.37. The molecule has 0 radical (unpaired) electrons. The Morgan fingerprint density at radius 3 is 2.19 bits per heavy atom. The van der Waals surface area contributed by atoms with Gasteiger partial charge in [-0.2, -0.15) is 0 Å². The average molecular weight is 301 g/mol. The van der Waals surface area contributed by atoms with Gasteiger partial charge < -0.3 is 15.2 Å². The first-order chi connectivity index (χ1) is 10.1. The molecule has 0 aliphatic carbocycles. The Hall–Kier alpha value is -0.770. The van der Waals surface area contributed by atoms with Gasteiger partial charge >= 0.3 is 6.09 Å². The fourth-order valence-electron chi connectivity index (χ4n) is 2.53. The molecule has 3 atom stereocenters. The number of ether oxygens (including phenoxy) is 1. The first-order valence-electron chi connectivity index (χ1n) is 8.69. The molecule has 0 aromatic carbocycles. The van der Waals surface area contributed by atoms with Gasteiger partial charge in [-0.3, -0.25) is 0 Å². The van der Waals surface area contributed by atoms with E-state index in [4.69, 9.17) is 4.74 Å². The zero-order valence-electron chi connectivity index (χ0n) is 14.4. The predicted octanol–water partition coefficient (Wildman–Crippen LogP) is 4.12. The number of hydrogen-bond donors (Lipinski definition) is 2. The van der Waals surface area contributed by atoms with Crippen molar-refractivity contribution in [1.82, 2.24) is 5.32 Å². The minimum Gasteiger partial charge on any atom is -0.449 e. The maximum Gasteiger partial charge on any atom is 0.407 e. The van der Waals surface area contributed by atoms with Gasteiger partial charge in [0.1, 0.15) is 0 Å². The summed E-state index contributed by atoms with van der Waals surface area (Å²) in [7, 11) is 0. The predicted molar refractivity (Wildman–Crippen MR) is 87.4 cm³/mol. The summed E-state index contributed by atoms with van der Waals surface area (Å²) >= 11 is 0. The molecule has 2 N–H and O–H groups in total. The molecule has 126 valence electrons. The summed E-state index contributed by atoms with van der Waals surface area (Å²) in [5, 5.41) is 13.2. The lowest BCUT2D eigenvalue weighted by molar-refractivity contribution is 0.00972. The lowest BCUT2D eigenvalue weighted by Gasteiger charge is -2.28. The molecule has 0 rings (SSSR count). The van der Waals surface area contributed by atoms with E-state index in [0.717, 1.165) is 44.9 Å². The summed E-state index contributed by atoms with van der Waals surface area (Å²) in [4.78, 5) is 11.6. The van der Waals surface area contributed by atoms with Crippen LogP contribution in [-0.2, 0) is 4.74 Å². The number of alkyl carbamates (subject to hydrolysis) is 1. The van der Waals surface area contributed by atoms with Gasteiger partial charge in [-0.05, 0) is 25.2 Å². The van der Waals surface area contributed by atoms with E-state index in [0.29, 0.717) is 19.1 Å². The van der Waals surface area contributed by atoms with E-state index in [2.05, 4.69) is 26.1 Å². The molecule has 0 bridgehead atoms. The zero-order valence-corrected chi connectivity index (χ0v) is 14.4. The van der Waals surface area contributed by atoms with Crippen LogP contribution >= 0.6 is 0 Å². The van der Waals surface area contributed by atoms with Crippen molar-refractivity contribution in [1.29, 1.82) is 0 Å². The van der Waals surface area contributed by atoms with Crippen LogP contribution in [0, 0.1) is 11.8 Å². The number of unbranched alkanes of at least 4 members (excludes halogenated alkanes) is 2. The largest absolute Gasteiger partial charge is 0.449 e. The molecule has 0 aliphatic rings. The van der Waals surface area contributed by atoms with Crippen LogP contribution in [0.3, 0.4) is 0 Å². The Morgan fingerprint density at radius 2 is 1.67 bits per heavy atom. The van der Waals surface area contributed by atoms with Gasteiger partial charge in [-0.25, -0.2) is 4.79 Å². The van der Waals surface area contributed by atoms with Crippen molar-refractivity contribution in [3.8, 4) is 0 Å². The Kier molecular flexibility index (Phi) is 12.5. The number of carbonyl (C=O) groups excluding carboxylic acids is 1. The summed E-state index contributed by atoms with van der Waals surface area (Å²) in [5.74, 6) is 0.338. The molecular formula is C17H35NO3. The van der Waals surface area contributed by atoms with E-state index in [1.165, 1.54) is 0 Å². The van der Waals surface area contributed by atoms with Gasteiger partial charge in [-0.15, -0.1) is 0 Å². The minimum absolute atomic E-state index is 0.0312. The molecule has 0 heterocycles. The highest BCUT2D eigenvalue weighted by Gasteiger charge is 2.26. The molecule has 0 fully saturated rings. The zero-order chi connectivity index (χ0) is 16.1. The van der Waals surface area contributed by atoms with Crippen molar-refractivity contribution in [2.24, 2.45) is 11.8 Å². The van der Waals surface area contributed by atoms with Crippen molar-refractivity contribution >= 4 is 6.09 Å². The number of hydrogen-bond acceptors (Lipinski definition) is 3. The second-order valence-corrected chi connectivity index (χ2v) is 5.85. The van der Waals surface area contributed by atoms with E-state index >= 15 is 0 Å². The monoisotopic (exact) mass is 301 g/mol. The third kappa shape index (κ3) is 8.97. The number of rotatable bonds is 12. The van der Waals surface area contributed by atoms with E-state index in [1.54, 1.807) is 0 Å². The average Bonchev–Trinajstić information content (AvgIpc) is 2.49. The molecule has 1 amide bonds. The maximum absolute atomic E-state index is 11.6. The highest BCUT2D eigenvalue weighted by Crippen LogP contribution is 2.24. The second-order valence-electron chi connectivity index (χ2n) is 5.85. The standard InChI is InChI=1S/C17H35NO3/c1-5-9-11-14(7-3)16(19)15(8-4)13-21-17(20)18-12-10-6-2/h14-16,19H,5-13H2,1-4H3,(H,18,20). The van der Waals surface area contributed by atoms with E-state index in [-0.39, 0.29) is 18.1 Å². The van der Waals surface area contributed by atoms with Crippen LogP contribution in [0.1, 0.15) is 72.6 Å². The summed E-state index contributed by atoms with van der Waals surface area (Å²) in [5.41, 5.74) is 0. The molecule has 0 saturated heterocycles. The summed E-state index contributed by atoms with van der Waals surface area (Å²) < 4.78 is 5.25. The number of amides is 1. The first-order valence-corrected chi connectivity index (χ1v) is 8.69. The fourth-order valence-corrected chi connectivity index (χ4v) is 2.53. The third-order valence-electron chi connectivity index (χ3n) is 4.17. The van der Waals surface area contributed by atoms with Gasteiger partial charge in [0.05, 0.1) is 12.7 Å². The van der Waals surface area contributed by atoms with Crippen molar-refractivity contribution in [3.63, 3.8) is 0 Å². The molecule has 4 heteroatoms. The molecule has 0 saturated carbocycles. The van der Waals surface area contributed by atoms with Gasteiger partial charge in [0, 0.05) is 12.5 Å². The molecular weight excluding hydrogens is 266 g/mol. The number of nitrogens with one attached hydrogen (secondary N) is 1.